The van der Waals surface area contributed by atoms with E-state index >= 15 is 0 Å². The number of hydrogen-bond acceptors (Lipinski definition) is 4. The van der Waals surface area contributed by atoms with Crippen LogP contribution in [0.1, 0.15) is 44.6 Å². The van der Waals surface area contributed by atoms with Gasteiger partial charge in [0.2, 0.25) is 5.95 Å². The second-order valence-electron chi connectivity index (χ2n) is 4.35. The normalized spacial score (nSPS) is 10.5. The molecule has 5 heteroatoms. The van der Waals surface area contributed by atoms with Gasteiger partial charge in [0.05, 0.1) is 6.42 Å². The van der Waals surface area contributed by atoms with Gasteiger partial charge in [-0.3, -0.25) is 4.79 Å². The molecule has 1 aromatic heterocycles. The largest absolute Gasteiger partial charge is 0.481 e. The molecule has 19 heavy (non-hydrogen) atoms. The van der Waals surface area contributed by atoms with E-state index in [0.717, 1.165) is 42.9 Å². The third kappa shape index (κ3) is 3.66. The summed E-state index contributed by atoms with van der Waals surface area (Å²) < 4.78 is 0. The fraction of sp³-hybridized carbons (Fsp3) is 0.643. The van der Waals surface area contributed by atoms with Crippen LogP contribution < -0.4 is 4.90 Å². The van der Waals surface area contributed by atoms with Crippen molar-refractivity contribution in [3.05, 3.63) is 17.0 Å². The highest BCUT2D eigenvalue weighted by atomic mass is 16.4. The van der Waals surface area contributed by atoms with Gasteiger partial charge in [0.25, 0.3) is 0 Å². The number of carboxylic acid groups (broad SMARTS) is 1. The Kier molecular flexibility index (Phi) is 5.73. The number of carbonyl (C=O) groups is 1. The number of aryl methyl sites for hydroxylation is 2. The maximum absolute atomic E-state index is 11.0. The summed E-state index contributed by atoms with van der Waals surface area (Å²) in [5.41, 5.74) is 2.50. The highest BCUT2D eigenvalue weighted by Gasteiger charge is 2.16. The van der Waals surface area contributed by atoms with Crippen LogP contribution in [0.2, 0.25) is 0 Å². The SMILES string of the molecule is CCc1nc(N(CC)CC)nc(CC)c1CC(=O)O. The molecule has 0 aliphatic heterocycles. The number of carboxylic acids is 1. The quantitative estimate of drug-likeness (QED) is 0.817. The summed E-state index contributed by atoms with van der Waals surface area (Å²) >= 11 is 0. The molecule has 0 aliphatic carbocycles. The van der Waals surface area contributed by atoms with E-state index in [9.17, 15) is 4.79 Å². The van der Waals surface area contributed by atoms with E-state index in [4.69, 9.17) is 5.11 Å². The Balaban J connectivity index is 3.30. The summed E-state index contributed by atoms with van der Waals surface area (Å²) in [6.45, 7) is 9.82. The van der Waals surface area contributed by atoms with Gasteiger partial charge in [0.15, 0.2) is 0 Å². The zero-order valence-corrected chi connectivity index (χ0v) is 12.2. The molecule has 0 atom stereocenters. The molecule has 0 aliphatic rings. The maximum Gasteiger partial charge on any atom is 0.307 e. The first kappa shape index (κ1) is 15.4. The molecule has 0 fully saturated rings. The minimum absolute atomic E-state index is 0.00484. The number of aliphatic carboxylic acids is 1. The fourth-order valence-corrected chi connectivity index (χ4v) is 2.16. The molecule has 0 unspecified atom stereocenters. The second-order valence-corrected chi connectivity index (χ2v) is 4.35. The van der Waals surface area contributed by atoms with Crippen molar-refractivity contribution < 1.29 is 9.90 Å². The summed E-state index contributed by atoms with van der Waals surface area (Å²) in [6.07, 6.45) is 1.46. The van der Waals surface area contributed by atoms with Crippen molar-refractivity contribution in [2.24, 2.45) is 0 Å². The van der Waals surface area contributed by atoms with E-state index in [1.807, 2.05) is 13.8 Å². The average Bonchev–Trinajstić information content (AvgIpc) is 2.40. The molecule has 5 nitrogen and oxygen atoms in total. The molecule has 0 radical (unpaired) electrons. The number of hydrogen-bond donors (Lipinski definition) is 1. The van der Waals surface area contributed by atoms with Crippen LogP contribution >= 0.6 is 0 Å². The molecule has 0 saturated heterocycles. The van der Waals surface area contributed by atoms with Gasteiger partial charge >= 0.3 is 5.97 Å². The molecule has 1 heterocycles. The second kappa shape index (κ2) is 7.07. The smallest absolute Gasteiger partial charge is 0.307 e. The van der Waals surface area contributed by atoms with E-state index in [-0.39, 0.29) is 6.42 Å². The van der Waals surface area contributed by atoms with E-state index in [1.165, 1.54) is 0 Å². The Bertz CT molecular complexity index is 417. The first-order valence-corrected chi connectivity index (χ1v) is 6.92. The third-order valence-electron chi connectivity index (χ3n) is 3.21. The van der Waals surface area contributed by atoms with Gasteiger partial charge in [-0.25, -0.2) is 9.97 Å². The summed E-state index contributed by atoms with van der Waals surface area (Å²) in [4.78, 5) is 22.1. The Morgan fingerprint density at radius 2 is 1.53 bits per heavy atom. The lowest BCUT2D eigenvalue weighted by atomic mass is 10.0. The lowest BCUT2D eigenvalue weighted by molar-refractivity contribution is -0.136. The molecule has 0 aromatic carbocycles. The van der Waals surface area contributed by atoms with Crippen LogP contribution in [0.4, 0.5) is 5.95 Å². The topological polar surface area (TPSA) is 66.3 Å². The molecular formula is C14H23N3O2. The maximum atomic E-state index is 11.0. The van der Waals surface area contributed by atoms with Gasteiger partial charge in [-0.05, 0) is 26.7 Å². The third-order valence-corrected chi connectivity index (χ3v) is 3.21. The van der Waals surface area contributed by atoms with Crippen LogP contribution in [0, 0.1) is 0 Å². The zero-order chi connectivity index (χ0) is 14.4. The highest BCUT2D eigenvalue weighted by molar-refractivity contribution is 5.71. The van der Waals surface area contributed by atoms with Crippen molar-refractivity contribution in [1.29, 1.82) is 0 Å². The van der Waals surface area contributed by atoms with Crippen LogP contribution in [-0.4, -0.2) is 34.1 Å². The highest BCUT2D eigenvalue weighted by Crippen LogP contribution is 2.18. The van der Waals surface area contributed by atoms with Crippen LogP contribution in [0.15, 0.2) is 0 Å². The molecule has 0 saturated carbocycles. The van der Waals surface area contributed by atoms with Gasteiger partial charge < -0.3 is 10.0 Å². The molecular weight excluding hydrogens is 242 g/mol. The van der Waals surface area contributed by atoms with E-state index < -0.39 is 5.97 Å². The lowest BCUT2D eigenvalue weighted by Crippen LogP contribution is -2.26. The first-order chi connectivity index (χ1) is 9.07. The standard InChI is InChI=1S/C14H23N3O2/c1-5-11-10(9-13(18)19)12(6-2)16-14(15-11)17(7-3)8-4/h5-9H2,1-4H3,(H,18,19). The summed E-state index contributed by atoms with van der Waals surface area (Å²) in [5, 5.41) is 9.01. The Hall–Kier alpha value is -1.65. The van der Waals surface area contributed by atoms with E-state index in [0.29, 0.717) is 5.95 Å². The van der Waals surface area contributed by atoms with Crippen molar-refractivity contribution in [2.75, 3.05) is 18.0 Å². The minimum Gasteiger partial charge on any atom is -0.481 e. The molecule has 1 rings (SSSR count). The van der Waals surface area contributed by atoms with Crippen LogP contribution in [0.5, 0.6) is 0 Å². The fourth-order valence-electron chi connectivity index (χ4n) is 2.16. The van der Waals surface area contributed by atoms with E-state index in [1.54, 1.807) is 0 Å². The molecule has 1 aromatic rings. The number of aromatic nitrogens is 2. The Morgan fingerprint density at radius 1 is 1.05 bits per heavy atom. The molecule has 0 bridgehead atoms. The monoisotopic (exact) mass is 265 g/mol. The van der Waals surface area contributed by atoms with Gasteiger partial charge in [-0.2, -0.15) is 0 Å². The van der Waals surface area contributed by atoms with Crippen LogP contribution in [0.25, 0.3) is 0 Å². The summed E-state index contributed by atoms with van der Waals surface area (Å²) in [5.74, 6) is -0.114. The Labute approximate surface area is 114 Å². The lowest BCUT2D eigenvalue weighted by Gasteiger charge is -2.21. The van der Waals surface area contributed by atoms with E-state index in [2.05, 4.69) is 28.7 Å². The van der Waals surface area contributed by atoms with Crippen molar-refractivity contribution in [2.45, 2.75) is 47.0 Å². The molecule has 106 valence electrons. The molecule has 0 spiro atoms. The number of anilines is 1. The number of rotatable bonds is 7. The Morgan fingerprint density at radius 3 is 1.84 bits per heavy atom. The number of nitrogens with zero attached hydrogens (tertiary/aromatic N) is 3. The van der Waals surface area contributed by atoms with Gasteiger partial charge in [-0.1, -0.05) is 13.8 Å². The first-order valence-electron chi connectivity index (χ1n) is 6.92. The summed E-state index contributed by atoms with van der Waals surface area (Å²) in [6, 6.07) is 0. The zero-order valence-electron chi connectivity index (χ0n) is 12.2. The van der Waals surface area contributed by atoms with Crippen LogP contribution in [0.3, 0.4) is 0 Å². The van der Waals surface area contributed by atoms with Crippen LogP contribution in [-0.2, 0) is 24.1 Å². The predicted molar refractivity (Wildman–Crippen MR) is 75.7 cm³/mol. The average molecular weight is 265 g/mol. The molecule has 1 N–H and O–H groups in total. The van der Waals surface area contributed by atoms with Gasteiger partial charge in [0.1, 0.15) is 0 Å². The van der Waals surface area contributed by atoms with Crippen molar-refractivity contribution in [1.82, 2.24) is 9.97 Å². The minimum atomic E-state index is -0.830. The van der Waals surface area contributed by atoms with Crippen molar-refractivity contribution in [3.8, 4) is 0 Å². The van der Waals surface area contributed by atoms with Crippen molar-refractivity contribution in [3.63, 3.8) is 0 Å². The summed E-state index contributed by atoms with van der Waals surface area (Å²) in [7, 11) is 0. The van der Waals surface area contributed by atoms with Gasteiger partial charge in [0, 0.05) is 30.0 Å². The predicted octanol–water partition coefficient (Wildman–Crippen LogP) is 2.07. The molecule has 0 amide bonds. The van der Waals surface area contributed by atoms with Gasteiger partial charge in [-0.15, -0.1) is 0 Å². The van der Waals surface area contributed by atoms with Crippen molar-refractivity contribution >= 4 is 11.9 Å².